The molecule has 5 nitrogen and oxygen atoms in total. The van der Waals surface area contributed by atoms with Crippen molar-refractivity contribution in [2.24, 2.45) is 0 Å². The van der Waals surface area contributed by atoms with Crippen LogP contribution in [0.2, 0.25) is 5.02 Å². The Bertz CT molecular complexity index is 944. The quantitative estimate of drug-likeness (QED) is 0.742. The van der Waals surface area contributed by atoms with E-state index in [-0.39, 0.29) is 11.7 Å². The highest BCUT2D eigenvalue weighted by Gasteiger charge is 2.24. The summed E-state index contributed by atoms with van der Waals surface area (Å²) in [4.78, 5) is 14.0. The lowest BCUT2D eigenvalue weighted by molar-refractivity contribution is -0.118. The van der Waals surface area contributed by atoms with Crippen LogP contribution in [0, 0.1) is 0 Å². The molecule has 0 saturated heterocycles. The van der Waals surface area contributed by atoms with Gasteiger partial charge in [-0.1, -0.05) is 43.1 Å². The van der Waals surface area contributed by atoms with E-state index in [0.717, 1.165) is 24.1 Å². The van der Waals surface area contributed by atoms with Gasteiger partial charge < -0.3 is 4.90 Å². The van der Waals surface area contributed by atoms with Crippen molar-refractivity contribution in [1.82, 2.24) is 0 Å². The zero-order chi connectivity index (χ0) is 19.4. The molecular weight excluding hydrogens is 384 g/mol. The molecule has 1 aliphatic heterocycles. The highest BCUT2D eigenvalue weighted by Crippen LogP contribution is 2.31. The SMILES string of the molecule is CCCCN1C(=O)CCc2cc(NS(=O)(=O)Cc3ccccc3Cl)ccc21. The summed E-state index contributed by atoms with van der Waals surface area (Å²) >= 11 is 6.07. The summed E-state index contributed by atoms with van der Waals surface area (Å²) in [5.41, 5.74) is 2.93. The molecular formula is C20H23ClN2O3S. The second kappa shape index (κ2) is 8.31. The van der Waals surface area contributed by atoms with Gasteiger partial charge in [0.15, 0.2) is 0 Å². The van der Waals surface area contributed by atoms with Gasteiger partial charge in [-0.25, -0.2) is 8.42 Å². The van der Waals surface area contributed by atoms with Crippen molar-refractivity contribution in [3.05, 3.63) is 58.6 Å². The number of anilines is 2. The molecule has 1 amide bonds. The first kappa shape index (κ1) is 19.7. The van der Waals surface area contributed by atoms with E-state index in [0.29, 0.717) is 35.7 Å². The van der Waals surface area contributed by atoms with Gasteiger partial charge >= 0.3 is 0 Å². The third kappa shape index (κ3) is 4.82. The lowest BCUT2D eigenvalue weighted by Crippen LogP contribution is -2.35. The topological polar surface area (TPSA) is 66.5 Å². The third-order valence-corrected chi connectivity index (χ3v) is 6.20. The number of rotatable bonds is 7. The molecule has 1 aliphatic rings. The number of unbranched alkanes of at least 4 members (excludes halogenated alkanes) is 1. The Hall–Kier alpha value is -2.05. The average Bonchev–Trinajstić information content (AvgIpc) is 2.62. The molecule has 2 aromatic carbocycles. The average molecular weight is 407 g/mol. The molecule has 0 bridgehead atoms. The van der Waals surface area contributed by atoms with Gasteiger partial charge in [-0.2, -0.15) is 0 Å². The predicted molar refractivity (Wildman–Crippen MR) is 110 cm³/mol. The lowest BCUT2D eigenvalue weighted by atomic mass is 10.00. The van der Waals surface area contributed by atoms with Gasteiger partial charge in [0.25, 0.3) is 0 Å². The number of amides is 1. The van der Waals surface area contributed by atoms with E-state index in [4.69, 9.17) is 11.6 Å². The molecule has 0 unspecified atom stereocenters. The molecule has 0 atom stereocenters. The first-order chi connectivity index (χ1) is 12.9. The number of hydrogen-bond acceptors (Lipinski definition) is 3. The maximum Gasteiger partial charge on any atom is 0.236 e. The van der Waals surface area contributed by atoms with Gasteiger partial charge in [-0.05, 0) is 48.2 Å². The molecule has 0 radical (unpaired) electrons. The number of benzene rings is 2. The summed E-state index contributed by atoms with van der Waals surface area (Å²) in [6.45, 7) is 2.78. The van der Waals surface area contributed by atoms with E-state index in [9.17, 15) is 13.2 Å². The number of nitrogens with one attached hydrogen (secondary N) is 1. The molecule has 0 aromatic heterocycles. The van der Waals surface area contributed by atoms with E-state index in [2.05, 4.69) is 11.6 Å². The largest absolute Gasteiger partial charge is 0.312 e. The number of carbonyl (C=O) groups is 1. The van der Waals surface area contributed by atoms with Crippen LogP contribution in [0.4, 0.5) is 11.4 Å². The second-order valence-corrected chi connectivity index (χ2v) is 8.82. The maximum atomic E-state index is 12.5. The Morgan fingerprint density at radius 3 is 2.67 bits per heavy atom. The van der Waals surface area contributed by atoms with Crippen LogP contribution in [0.1, 0.15) is 37.3 Å². The van der Waals surface area contributed by atoms with Crippen LogP contribution in [0.3, 0.4) is 0 Å². The minimum atomic E-state index is -3.59. The van der Waals surface area contributed by atoms with E-state index in [1.165, 1.54) is 0 Å². The van der Waals surface area contributed by atoms with Crippen LogP contribution < -0.4 is 9.62 Å². The van der Waals surface area contributed by atoms with Gasteiger partial charge in [-0.3, -0.25) is 9.52 Å². The fourth-order valence-electron chi connectivity index (χ4n) is 3.22. The van der Waals surface area contributed by atoms with Gasteiger partial charge in [0.2, 0.25) is 15.9 Å². The molecule has 144 valence electrons. The zero-order valence-electron chi connectivity index (χ0n) is 15.2. The lowest BCUT2D eigenvalue weighted by Gasteiger charge is -2.29. The Morgan fingerprint density at radius 1 is 1.15 bits per heavy atom. The first-order valence-electron chi connectivity index (χ1n) is 9.07. The first-order valence-corrected chi connectivity index (χ1v) is 11.1. The summed E-state index contributed by atoms with van der Waals surface area (Å²) in [6.07, 6.45) is 3.03. The molecule has 0 aliphatic carbocycles. The van der Waals surface area contributed by atoms with Gasteiger partial charge in [0.05, 0.1) is 5.75 Å². The van der Waals surface area contributed by atoms with Crippen molar-refractivity contribution in [2.75, 3.05) is 16.2 Å². The number of halogens is 1. The van der Waals surface area contributed by atoms with Crippen LogP contribution in [0.25, 0.3) is 0 Å². The molecule has 3 rings (SSSR count). The van der Waals surface area contributed by atoms with E-state index in [1.54, 1.807) is 30.3 Å². The maximum absolute atomic E-state index is 12.5. The highest BCUT2D eigenvalue weighted by molar-refractivity contribution is 7.91. The molecule has 1 heterocycles. The summed E-state index contributed by atoms with van der Waals surface area (Å²) in [5.74, 6) is -0.0618. The highest BCUT2D eigenvalue weighted by atomic mass is 35.5. The van der Waals surface area contributed by atoms with Crippen LogP contribution in [-0.2, 0) is 27.0 Å². The molecule has 1 N–H and O–H groups in total. The van der Waals surface area contributed by atoms with Crippen molar-refractivity contribution < 1.29 is 13.2 Å². The summed E-state index contributed by atoms with van der Waals surface area (Å²) in [7, 11) is -3.59. The van der Waals surface area contributed by atoms with Crippen molar-refractivity contribution in [3.63, 3.8) is 0 Å². The van der Waals surface area contributed by atoms with E-state index >= 15 is 0 Å². The molecule has 0 saturated carbocycles. The number of fused-ring (bicyclic) bond motifs is 1. The number of hydrogen-bond donors (Lipinski definition) is 1. The van der Waals surface area contributed by atoms with Gasteiger partial charge in [-0.15, -0.1) is 0 Å². The predicted octanol–water partition coefficient (Wildman–Crippen LogP) is 4.36. The minimum Gasteiger partial charge on any atom is -0.312 e. The Morgan fingerprint density at radius 2 is 1.93 bits per heavy atom. The fourth-order valence-corrected chi connectivity index (χ4v) is 4.72. The number of aryl methyl sites for hydroxylation is 1. The summed E-state index contributed by atoms with van der Waals surface area (Å²) in [5, 5.41) is 0.429. The second-order valence-electron chi connectivity index (χ2n) is 6.69. The fraction of sp³-hybridized carbons (Fsp3) is 0.350. The van der Waals surface area contributed by atoms with E-state index in [1.807, 2.05) is 17.0 Å². The van der Waals surface area contributed by atoms with Crippen molar-refractivity contribution in [3.8, 4) is 0 Å². The molecule has 0 fully saturated rings. The Balaban J connectivity index is 1.79. The van der Waals surface area contributed by atoms with Crippen molar-refractivity contribution >= 4 is 38.9 Å². The van der Waals surface area contributed by atoms with Crippen LogP contribution in [0.5, 0.6) is 0 Å². The van der Waals surface area contributed by atoms with E-state index < -0.39 is 10.0 Å². The Kier molecular flexibility index (Phi) is 6.07. The number of carbonyl (C=O) groups excluding carboxylic acids is 1. The molecule has 7 heteroatoms. The van der Waals surface area contributed by atoms with Gasteiger partial charge in [0.1, 0.15) is 0 Å². The normalized spacial score (nSPS) is 14.1. The zero-order valence-corrected chi connectivity index (χ0v) is 16.8. The summed E-state index contributed by atoms with van der Waals surface area (Å²) < 4.78 is 27.6. The molecule has 2 aromatic rings. The number of nitrogens with zero attached hydrogens (tertiary/aromatic N) is 1. The standard InChI is InChI=1S/C20H23ClN2O3S/c1-2-3-12-23-19-10-9-17(13-15(19)8-11-20(23)24)22-27(25,26)14-16-6-4-5-7-18(16)21/h4-7,9-10,13,22H,2-3,8,11-12,14H2,1H3. The molecule has 27 heavy (non-hydrogen) atoms. The Labute approximate surface area is 165 Å². The smallest absolute Gasteiger partial charge is 0.236 e. The van der Waals surface area contributed by atoms with Crippen LogP contribution in [0.15, 0.2) is 42.5 Å². The van der Waals surface area contributed by atoms with Crippen LogP contribution >= 0.6 is 11.6 Å². The monoisotopic (exact) mass is 406 g/mol. The van der Waals surface area contributed by atoms with Crippen LogP contribution in [-0.4, -0.2) is 20.9 Å². The van der Waals surface area contributed by atoms with Gasteiger partial charge in [0, 0.05) is 29.4 Å². The molecule has 0 spiro atoms. The summed E-state index contributed by atoms with van der Waals surface area (Å²) in [6, 6.07) is 12.3. The van der Waals surface area contributed by atoms with Crippen molar-refractivity contribution in [1.29, 1.82) is 0 Å². The minimum absolute atomic E-state index is 0.128. The van der Waals surface area contributed by atoms with Crippen molar-refractivity contribution in [2.45, 2.75) is 38.4 Å². The number of sulfonamides is 1. The third-order valence-electron chi connectivity index (χ3n) is 4.59.